The normalized spacial score (nSPS) is 12.3. The Morgan fingerprint density at radius 1 is 1.27 bits per heavy atom. The van der Waals surface area contributed by atoms with Crippen molar-refractivity contribution in [2.24, 2.45) is 10.7 Å². The monoisotopic (exact) mass is 329 g/mol. The molecule has 2 rings (SSSR count). The van der Waals surface area contributed by atoms with Crippen LogP contribution in [0.25, 0.3) is 0 Å². The fraction of sp³-hybridized carbons (Fsp3) is 0.154. The van der Waals surface area contributed by atoms with Crippen LogP contribution in [0.3, 0.4) is 0 Å². The number of aliphatic imine (C=N–C) groups is 1. The summed E-state index contributed by atoms with van der Waals surface area (Å²) in [6, 6.07) is 6.12. The van der Waals surface area contributed by atoms with Crippen molar-refractivity contribution in [3.8, 4) is 0 Å². The van der Waals surface area contributed by atoms with E-state index in [1.54, 1.807) is 6.92 Å². The third kappa shape index (κ3) is 4.32. The Morgan fingerprint density at radius 2 is 2.00 bits per heavy atom. The van der Waals surface area contributed by atoms with E-state index in [9.17, 15) is 13.2 Å². The van der Waals surface area contributed by atoms with Gasteiger partial charge < -0.3 is 11.1 Å². The second-order valence-electron chi connectivity index (χ2n) is 4.33. The van der Waals surface area contributed by atoms with Crippen LogP contribution in [0.4, 0.5) is 24.8 Å². The molecule has 0 aliphatic heterocycles. The minimum absolute atomic E-state index is 0.0157. The van der Waals surface area contributed by atoms with Crippen molar-refractivity contribution in [2.45, 2.75) is 13.1 Å². The van der Waals surface area contributed by atoms with Gasteiger partial charge in [0.25, 0.3) is 5.95 Å². The topological polar surface area (TPSA) is 76.2 Å². The fourth-order valence-electron chi connectivity index (χ4n) is 1.62. The fourth-order valence-corrected chi connectivity index (χ4v) is 1.86. The number of hydrogen-bond acceptors (Lipinski definition) is 3. The first-order valence-electron chi connectivity index (χ1n) is 6.03. The molecule has 0 atom stereocenters. The molecule has 0 bridgehead atoms. The second kappa shape index (κ2) is 6.18. The molecule has 5 nitrogen and oxygen atoms in total. The Balaban J connectivity index is 2.21. The highest BCUT2D eigenvalue weighted by atomic mass is 35.5. The van der Waals surface area contributed by atoms with Crippen LogP contribution in [0.5, 0.6) is 0 Å². The van der Waals surface area contributed by atoms with Crippen LogP contribution < -0.4 is 11.1 Å². The molecule has 0 unspecified atom stereocenters. The Morgan fingerprint density at radius 3 is 2.64 bits per heavy atom. The van der Waals surface area contributed by atoms with E-state index in [1.807, 2.05) is 0 Å². The van der Waals surface area contributed by atoms with Gasteiger partial charge in [0, 0.05) is 11.4 Å². The van der Waals surface area contributed by atoms with Gasteiger partial charge in [-0.2, -0.15) is 23.1 Å². The van der Waals surface area contributed by atoms with Gasteiger partial charge in [-0.15, -0.1) is 0 Å². The molecule has 116 valence electrons. The van der Waals surface area contributed by atoms with Crippen molar-refractivity contribution >= 4 is 29.2 Å². The SMILES string of the molecule is Cc1cc(Cl)nc(/N=C(\N)Nc2cccc(C(F)(F)F)c2)n1. The summed E-state index contributed by atoms with van der Waals surface area (Å²) in [6.07, 6.45) is -4.43. The molecule has 0 spiro atoms. The molecule has 0 radical (unpaired) electrons. The molecule has 1 aromatic heterocycles. The first-order valence-corrected chi connectivity index (χ1v) is 6.41. The zero-order valence-corrected chi connectivity index (χ0v) is 12.1. The van der Waals surface area contributed by atoms with Gasteiger partial charge in [-0.05, 0) is 31.2 Å². The van der Waals surface area contributed by atoms with E-state index >= 15 is 0 Å². The van der Waals surface area contributed by atoms with E-state index in [1.165, 1.54) is 18.2 Å². The lowest BCUT2D eigenvalue weighted by Gasteiger charge is -2.10. The maximum absolute atomic E-state index is 12.6. The van der Waals surface area contributed by atoms with Gasteiger partial charge >= 0.3 is 6.18 Å². The van der Waals surface area contributed by atoms with E-state index in [-0.39, 0.29) is 22.7 Å². The molecular formula is C13H11ClF3N5. The van der Waals surface area contributed by atoms with E-state index in [0.717, 1.165) is 12.1 Å². The number of anilines is 1. The molecule has 9 heteroatoms. The molecule has 1 heterocycles. The molecule has 0 saturated heterocycles. The summed E-state index contributed by atoms with van der Waals surface area (Å²) in [5.74, 6) is -0.136. The number of rotatable bonds is 2. The second-order valence-corrected chi connectivity index (χ2v) is 4.72. The van der Waals surface area contributed by atoms with E-state index < -0.39 is 11.7 Å². The molecule has 2 aromatic rings. The van der Waals surface area contributed by atoms with Crippen LogP contribution in [0.2, 0.25) is 5.15 Å². The number of benzene rings is 1. The molecule has 0 amide bonds. The predicted molar refractivity (Wildman–Crippen MR) is 78.1 cm³/mol. The van der Waals surface area contributed by atoms with Crippen LogP contribution in [0, 0.1) is 6.92 Å². The van der Waals surface area contributed by atoms with Crippen molar-refractivity contribution in [3.05, 3.63) is 46.7 Å². The molecule has 0 fully saturated rings. The summed E-state index contributed by atoms with van der Waals surface area (Å²) < 4.78 is 37.9. The van der Waals surface area contributed by atoms with Crippen molar-refractivity contribution in [1.82, 2.24) is 9.97 Å². The van der Waals surface area contributed by atoms with Crippen LogP contribution in [0.15, 0.2) is 35.3 Å². The maximum atomic E-state index is 12.6. The molecule has 0 aliphatic carbocycles. The minimum Gasteiger partial charge on any atom is -0.369 e. The van der Waals surface area contributed by atoms with Crippen LogP contribution in [-0.2, 0) is 6.18 Å². The first kappa shape index (κ1) is 16.0. The lowest BCUT2D eigenvalue weighted by atomic mass is 10.2. The number of halogens is 4. The molecule has 0 aliphatic rings. The van der Waals surface area contributed by atoms with E-state index in [0.29, 0.717) is 5.69 Å². The van der Waals surface area contributed by atoms with Gasteiger partial charge in [0.15, 0.2) is 0 Å². The minimum atomic E-state index is -4.43. The van der Waals surface area contributed by atoms with Crippen LogP contribution in [-0.4, -0.2) is 15.9 Å². The van der Waals surface area contributed by atoms with Crippen LogP contribution >= 0.6 is 11.6 Å². The molecule has 0 saturated carbocycles. The van der Waals surface area contributed by atoms with Crippen molar-refractivity contribution < 1.29 is 13.2 Å². The number of guanidine groups is 1. The average molecular weight is 330 g/mol. The van der Waals surface area contributed by atoms with Gasteiger partial charge in [0.1, 0.15) is 5.15 Å². The van der Waals surface area contributed by atoms with Gasteiger partial charge in [0.2, 0.25) is 5.96 Å². The molecule has 1 aromatic carbocycles. The highest BCUT2D eigenvalue weighted by Gasteiger charge is 2.30. The number of nitrogens with zero attached hydrogens (tertiary/aromatic N) is 3. The zero-order chi connectivity index (χ0) is 16.3. The highest BCUT2D eigenvalue weighted by molar-refractivity contribution is 6.29. The van der Waals surface area contributed by atoms with Gasteiger partial charge in [-0.25, -0.2) is 4.98 Å². The lowest BCUT2D eigenvalue weighted by molar-refractivity contribution is -0.137. The number of hydrogen-bond donors (Lipinski definition) is 2. The number of nitrogens with two attached hydrogens (primary N) is 1. The quantitative estimate of drug-likeness (QED) is 0.502. The Labute approximate surface area is 129 Å². The number of aryl methyl sites for hydroxylation is 1. The zero-order valence-electron chi connectivity index (χ0n) is 11.3. The standard InChI is InChI=1S/C13H11ClF3N5/c1-7-5-10(14)21-12(19-7)22-11(18)20-9-4-2-3-8(6-9)13(15,16)17/h2-6H,1H3,(H3,18,19,20,21,22). The average Bonchev–Trinajstić information content (AvgIpc) is 2.36. The summed E-state index contributed by atoms with van der Waals surface area (Å²) in [4.78, 5) is 11.7. The van der Waals surface area contributed by atoms with Gasteiger partial charge in [0.05, 0.1) is 5.56 Å². The summed E-state index contributed by atoms with van der Waals surface area (Å²) in [7, 11) is 0. The summed E-state index contributed by atoms with van der Waals surface area (Å²) in [6.45, 7) is 1.70. The van der Waals surface area contributed by atoms with E-state index in [2.05, 4.69) is 20.3 Å². The summed E-state index contributed by atoms with van der Waals surface area (Å²) in [5.41, 5.74) is 5.58. The Hall–Kier alpha value is -2.35. The number of aromatic nitrogens is 2. The third-order valence-corrected chi connectivity index (χ3v) is 2.69. The first-order chi connectivity index (χ1) is 10.2. The third-order valence-electron chi connectivity index (χ3n) is 2.49. The largest absolute Gasteiger partial charge is 0.416 e. The van der Waals surface area contributed by atoms with Crippen molar-refractivity contribution in [3.63, 3.8) is 0 Å². The predicted octanol–water partition coefficient (Wildman–Crippen LogP) is 3.52. The summed E-state index contributed by atoms with van der Waals surface area (Å²) >= 11 is 5.76. The summed E-state index contributed by atoms with van der Waals surface area (Å²) in [5, 5.41) is 2.74. The molecule has 22 heavy (non-hydrogen) atoms. The highest BCUT2D eigenvalue weighted by Crippen LogP contribution is 2.30. The van der Waals surface area contributed by atoms with Crippen molar-refractivity contribution in [1.29, 1.82) is 0 Å². The lowest BCUT2D eigenvalue weighted by Crippen LogP contribution is -2.22. The van der Waals surface area contributed by atoms with Gasteiger partial charge in [-0.1, -0.05) is 17.7 Å². The number of alkyl halides is 3. The molecule has 3 N–H and O–H groups in total. The van der Waals surface area contributed by atoms with Gasteiger partial charge in [-0.3, -0.25) is 0 Å². The Bertz CT molecular complexity index is 695. The number of nitrogens with one attached hydrogen (secondary N) is 1. The Kier molecular flexibility index (Phi) is 4.51. The van der Waals surface area contributed by atoms with E-state index in [4.69, 9.17) is 17.3 Å². The van der Waals surface area contributed by atoms with Crippen LogP contribution in [0.1, 0.15) is 11.3 Å². The van der Waals surface area contributed by atoms with Crippen molar-refractivity contribution in [2.75, 3.05) is 5.32 Å². The smallest absolute Gasteiger partial charge is 0.369 e. The maximum Gasteiger partial charge on any atom is 0.416 e. The molecular weight excluding hydrogens is 319 g/mol.